The number of nitrogens with zero attached hydrogens (tertiary/aromatic N) is 4. The molecule has 3 rings (SSSR count). The fourth-order valence-corrected chi connectivity index (χ4v) is 3.07. The van der Waals surface area contributed by atoms with Crippen LogP contribution < -0.4 is 5.32 Å². The van der Waals surface area contributed by atoms with E-state index in [1.165, 1.54) is 11.8 Å². The van der Waals surface area contributed by atoms with Gasteiger partial charge in [-0.05, 0) is 18.4 Å². The largest absolute Gasteiger partial charge is 0.369 e. The van der Waals surface area contributed by atoms with Crippen LogP contribution in [0.5, 0.6) is 0 Å². The van der Waals surface area contributed by atoms with Gasteiger partial charge in [0.05, 0.1) is 12.4 Å². The first-order valence-electron chi connectivity index (χ1n) is 9.28. The topological polar surface area (TPSA) is 78.4 Å². The zero-order chi connectivity index (χ0) is 19.1. The summed E-state index contributed by atoms with van der Waals surface area (Å²) >= 11 is 0. The number of anilines is 1. The Bertz CT molecular complexity index is 756. The van der Waals surface area contributed by atoms with Gasteiger partial charge >= 0.3 is 0 Å². The molecular weight excluding hydrogens is 342 g/mol. The first kappa shape index (κ1) is 18.8. The number of piperazine rings is 1. The lowest BCUT2D eigenvalue weighted by Gasteiger charge is -2.33. The normalized spacial score (nSPS) is 14.1. The summed E-state index contributed by atoms with van der Waals surface area (Å²) in [5.74, 6) is 0.576. The third kappa shape index (κ3) is 5.26. The Morgan fingerprint density at radius 3 is 2.33 bits per heavy atom. The van der Waals surface area contributed by atoms with Crippen molar-refractivity contribution in [2.45, 2.75) is 19.8 Å². The minimum Gasteiger partial charge on any atom is -0.369 e. The van der Waals surface area contributed by atoms with Gasteiger partial charge in [0.2, 0.25) is 5.91 Å². The highest BCUT2D eigenvalue weighted by atomic mass is 16.2. The van der Waals surface area contributed by atoms with Crippen molar-refractivity contribution < 1.29 is 9.59 Å². The van der Waals surface area contributed by atoms with Crippen molar-refractivity contribution in [3.8, 4) is 0 Å². The van der Waals surface area contributed by atoms with Gasteiger partial charge in [-0.2, -0.15) is 0 Å². The molecule has 7 heteroatoms. The lowest BCUT2D eigenvalue weighted by atomic mass is 10.1. The van der Waals surface area contributed by atoms with Crippen molar-refractivity contribution in [2.24, 2.45) is 0 Å². The Kier molecular flexibility index (Phi) is 6.35. The molecule has 1 N–H and O–H groups in total. The highest BCUT2D eigenvalue weighted by Crippen LogP contribution is 2.09. The highest BCUT2D eigenvalue weighted by Gasteiger charge is 2.24. The molecule has 1 saturated heterocycles. The molecule has 2 amide bonds. The molecule has 142 valence electrons. The minimum atomic E-state index is -0.138. The lowest BCUT2D eigenvalue weighted by molar-refractivity contribution is -0.130. The van der Waals surface area contributed by atoms with E-state index in [4.69, 9.17) is 0 Å². The van der Waals surface area contributed by atoms with Gasteiger partial charge < -0.3 is 15.1 Å². The fourth-order valence-electron chi connectivity index (χ4n) is 3.07. The summed E-state index contributed by atoms with van der Waals surface area (Å²) in [5, 5.41) is 3.24. The van der Waals surface area contributed by atoms with Gasteiger partial charge in [-0.25, -0.2) is 9.97 Å². The third-order valence-corrected chi connectivity index (χ3v) is 4.67. The number of amides is 2. The van der Waals surface area contributed by atoms with Crippen LogP contribution in [0, 0.1) is 0 Å². The number of aryl methyl sites for hydroxylation is 1. The molecule has 1 aromatic carbocycles. The van der Waals surface area contributed by atoms with Gasteiger partial charge in [-0.3, -0.25) is 9.59 Å². The number of nitrogens with one attached hydrogen (secondary N) is 1. The van der Waals surface area contributed by atoms with Crippen LogP contribution >= 0.6 is 0 Å². The van der Waals surface area contributed by atoms with Gasteiger partial charge in [-0.15, -0.1) is 0 Å². The van der Waals surface area contributed by atoms with Gasteiger partial charge in [0, 0.05) is 39.6 Å². The molecule has 2 heterocycles. The van der Waals surface area contributed by atoms with E-state index in [1.54, 1.807) is 22.9 Å². The number of carbonyl (C=O) groups is 2. The van der Waals surface area contributed by atoms with Crippen LogP contribution in [0.3, 0.4) is 0 Å². The van der Waals surface area contributed by atoms with Crippen LogP contribution in [0.1, 0.15) is 29.4 Å². The molecule has 1 aliphatic heterocycles. The summed E-state index contributed by atoms with van der Waals surface area (Å²) in [6.45, 7) is 4.53. The molecule has 0 bridgehead atoms. The monoisotopic (exact) mass is 367 g/mol. The van der Waals surface area contributed by atoms with Crippen LogP contribution in [-0.4, -0.2) is 64.3 Å². The molecule has 7 nitrogen and oxygen atoms in total. The second-order valence-electron chi connectivity index (χ2n) is 6.60. The van der Waals surface area contributed by atoms with Crippen LogP contribution in [-0.2, 0) is 11.2 Å². The molecule has 0 unspecified atom stereocenters. The molecule has 1 aliphatic rings. The van der Waals surface area contributed by atoms with E-state index >= 15 is 0 Å². The molecule has 27 heavy (non-hydrogen) atoms. The molecule has 0 atom stereocenters. The third-order valence-electron chi connectivity index (χ3n) is 4.67. The number of carbonyl (C=O) groups excluding carboxylic acids is 2. The van der Waals surface area contributed by atoms with Crippen LogP contribution in [0.15, 0.2) is 42.7 Å². The first-order valence-corrected chi connectivity index (χ1v) is 9.28. The van der Waals surface area contributed by atoms with Crippen molar-refractivity contribution in [3.05, 3.63) is 54.0 Å². The number of hydrogen-bond acceptors (Lipinski definition) is 5. The number of benzene rings is 1. The SMILES string of the molecule is CC(=O)N1CCN(C(=O)c2cnc(NCCCc3ccccc3)cn2)CC1. The Morgan fingerprint density at radius 1 is 1.00 bits per heavy atom. The second-order valence-corrected chi connectivity index (χ2v) is 6.60. The van der Waals surface area contributed by atoms with Gasteiger partial charge in [0.25, 0.3) is 5.91 Å². The van der Waals surface area contributed by atoms with Crippen molar-refractivity contribution in [3.63, 3.8) is 0 Å². The van der Waals surface area contributed by atoms with E-state index in [9.17, 15) is 9.59 Å². The van der Waals surface area contributed by atoms with Gasteiger partial charge in [-0.1, -0.05) is 30.3 Å². The predicted octanol–water partition coefficient (Wildman–Crippen LogP) is 1.83. The summed E-state index contributed by atoms with van der Waals surface area (Å²) < 4.78 is 0. The molecular formula is C20H25N5O2. The molecule has 0 aliphatic carbocycles. The van der Waals surface area contributed by atoms with Gasteiger partial charge in [0.15, 0.2) is 0 Å². The minimum absolute atomic E-state index is 0.0459. The molecule has 0 spiro atoms. The van der Waals surface area contributed by atoms with E-state index in [1.807, 2.05) is 18.2 Å². The van der Waals surface area contributed by atoms with Gasteiger partial charge in [0.1, 0.15) is 11.5 Å². The molecule has 2 aromatic rings. The van der Waals surface area contributed by atoms with E-state index in [0.29, 0.717) is 37.7 Å². The van der Waals surface area contributed by atoms with Crippen molar-refractivity contribution in [1.29, 1.82) is 0 Å². The standard InChI is InChI=1S/C20H25N5O2/c1-16(26)24-10-12-25(13-11-24)20(27)18-14-23-19(15-22-18)21-9-5-8-17-6-3-2-4-7-17/h2-4,6-7,14-15H,5,8-13H2,1H3,(H,21,23). The zero-order valence-corrected chi connectivity index (χ0v) is 15.6. The van der Waals surface area contributed by atoms with E-state index < -0.39 is 0 Å². The Balaban J connectivity index is 1.44. The summed E-state index contributed by atoms with van der Waals surface area (Å²) in [5.41, 5.74) is 1.65. The van der Waals surface area contributed by atoms with Crippen LogP contribution in [0.2, 0.25) is 0 Å². The average Bonchev–Trinajstić information content (AvgIpc) is 2.72. The van der Waals surface area contributed by atoms with Crippen molar-refractivity contribution in [1.82, 2.24) is 19.8 Å². The maximum atomic E-state index is 12.5. The van der Waals surface area contributed by atoms with E-state index in [2.05, 4.69) is 27.4 Å². The number of hydrogen-bond donors (Lipinski definition) is 1. The van der Waals surface area contributed by atoms with E-state index in [0.717, 1.165) is 19.4 Å². The summed E-state index contributed by atoms with van der Waals surface area (Å²) in [7, 11) is 0. The molecule has 1 aromatic heterocycles. The Labute approximate surface area is 159 Å². The summed E-state index contributed by atoms with van der Waals surface area (Å²) in [4.78, 5) is 35.9. The Hall–Kier alpha value is -2.96. The predicted molar refractivity (Wildman–Crippen MR) is 103 cm³/mol. The quantitative estimate of drug-likeness (QED) is 0.788. The highest BCUT2D eigenvalue weighted by molar-refractivity contribution is 5.92. The lowest BCUT2D eigenvalue weighted by Crippen LogP contribution is -2.50. The number of aromatic nitrogens is 2. The molecule has 0 radical (unpaired) electrons. The van der Waals surface area contributed by atoms with E-state index in [-0.39, 0.29) is 11.8 Å². The smallest absolute Gasteiger partial charge is 0.274 e. The van der Waals surface area contributed by atoms with Crippen molar-refractivity contribution in [2.75, 3.05) is 38.0 Å². The first-order chi connectivity index (χ1) is 13.1. The summed E-state index contributed by atoms with van der Waals surface area (Å²) in [6, 6.07) is 10.4. The Morgan fingerprint density at radius 2 is 1.70 bits per heavy atom. The zero-order valence-electron chi connectivity index (χ0n) is 15.6. The second kappa shape index (κ2) is 9.12. The van der Waals surface area contributed by atoms with Crippen LogP contribution in [0.25, 0.3) is 0 Å². The molecule has 0 saturated carbocycles. The fraction of sp³-hybridized carbons (Fsp3) is 0.400. The van der Waals surface area contributed by atoms with Crippen LogP contribution in [0.4, 0.5) is 5.82 Å². The number of rotatable bonds is 6. The maximum absolute atomic E-state index is 12.5. The maximum Gasteiger partial charge on any atom is 0.274 e. The average molecular weight is 367 g/mol. The van der Waals surface area contributed by atoms with Crippen molar-refractivity contribution >= 4 is 17.6 Å². The molecule has 1 fully saturated rings. The summed E-state index contributed by atoms with van der Waals surface area (Å²) in [6.07, 6.45) is 5.11.